The summed E-state index contributed by atoms with van der Waals surface area (Å²) in [5.41, 5.74) is 0.711. The molecule has 2 aliphatic rings. The molecule has 2 saturated heterocycles. The van der Waals surface area contributed by atoms with Crippen LogP contribution in [-0.2, 0) is 14.6 Å². The normalized spacial score (nSPS) is 26.9. The maximum absolute atomic E-state index is 12.2. The first-order valence-corrected chi connectivity index (χ1v) is 8.55. The van der Waals surface area contributed by atoms with E-state index in [0.717, 1.165) is 10.8 Å². The monoisotopic (exact) mass is 303 g/mol. The molecule has 0 bridgehead atoms. The van der Waals surface area contributed by atoms with Gasteiger partial charge in [-0.3, -0.25) is 4.90 Å². The van der Waals surface area contributed by atoms with Gasteiger partial charge in [0.15, 0.2) is 9.84 Å². The van der Waals surface area contributed by atoms with Crippen LogP contribution in [0.25, 0.3) is 10.8 Å². The second-order valence-electron chi connectivity index (χ2n) is 5.43. The molecule has 0 aliphatic carbocycles. The van der Waals surface area contributed by atoms with Gasteiger partial charge in [-0.05, 0) is 11.5 Å². The molecular formula is C15H13NO4S. The zero-order chi connectivity index (χ0) is 14.6. The number of sulfone groups is 1. The molecule has 6 heteroatoms. The number of hydrogen-bond donors (Lipinski definition) is 0. The van der Waals surface area contributed by atoms with Crippen LogP contribution in [0.4, 0.5) is 10.5 Å². The summed E-state index contributed by atoms with van der Waals surface area (Å²) < 4.78 is 28.8. The molecular weight excluding hydrogens is 290 g/mol. The van der Waals surface area contributed by atoms with Gasteiger partial charge in [-0.25, -0.2) is 13.2 Å². The molecule has 5 nitrogen and oxygen atoms in total. The Labute approximate surface area is 122 Å². The van der Waals surface area contributed by atoms with Crippen LogP contribution < -0.4 is 4.90 Å². The molecule has 2 fully saturated rings. The molecule has 0 saturated carbocycles. The number of benzene rings is 2. The van der Waals surface area contributed by atoms with E-state index in [0.29, 0.717) is 5.69 Å². The Kier molecular flexibility index (Phi) is 2.53. The van der Waals surface area contributed by atoms with Crippen LogP contribution in [0.1, 0.15) is 0 Å². The highest BCUT2D eigenvalue weighted by Gasteiger charge is 2.51. The Morgan fingerprint density at radius 3 is 2.67 bits per heavy atom. The summed E-state index contributed by atoms with van der Waals surface area (Å²) in [4.78, 5) is 13.6. The molecule has 4 rings (SSSR count). The summed E-state index contributed by atoms with van der Waals surface area (Å²) in [6.07, 6.45) is -1.02. The molecule has 0 unspecified atom stereocenters. The van der Waals surface area contributed by atoms with Gasteiger partial charge >= 0.3 is 6.09 Å². The molecule has 0 aromatic heterocycles. The Bertz CT molecular complexity index is 840. The first kappa shape index (κ1) is 12.6. The Morgan fingerprint density at radius 2 is 1.81 bits per heavy atom. The number of hydrogen-bond acceptors (Lipinski definition) is 4. The van der Waals surface area contributed by atoms with Gasteiger partial charge in [-0.15, -0.1) is 0 Å². The predicted molar refractivity (Wildman–Crippen MR) is 79.1 cm³/mol. The van der Waals surface area contributed by atoms with E-state index in [4.69, 9.17) is 4.74 Å². The second-order valence-corrected chi connectivity index (χ2v) is 7.59. The van der Waals surface area contributed by atoms with E-state index in [-0.39, 0.29) is 11.5 Å². The SMILES string of the molecule is O=C1O[C@@H]2CS(=O)(=O)C[C@@H]2N1c1cccc2ccccc12. The number of fused-ring (bicyclic) bond motifs is 2. The minimum atomic E-state index is -3.14. The molecule has 2 aliphatic heterocycles. The first-order chi connectivity index (χ1) is 10.1. The lowest BCUT2D eigenvalue weighted by molar-refractivity contribution is 0.147. The number of carbonyl (C=O) groups is 1. The number of amides is 1. The van der Waals surface area contributed by atoms with Crippen molar-refractivity contribution >= 4 is 32.4 Å². The van der Waals surface area contributed by atoms with Gasteiger partial charge in [0.05, 0.1) is 23.2 Å². The standard InChI is InChI=1S/C15H13NO4S/c17-15-16(13-8-21(18,19)9-14(13)20-15)12-7-3-5-10-4-1-2-6-11(10)12/h1-7,13-14H,8-9H2/t13-,14+/m0/s1. The summed E-state index contributed by atoms with van der Waals surface area (Å²) in [7, 11) is -3.14. The molecule has 2 heterocycles. The van der Waals surface area contributed by atoms with Gasteiger partial charge in [0.2, 0.25) is 0 Å². The largest absolute Gasteiger partial charge is 0.442 e. The molecule has 21 heavy (non-hydrogen) atoms. The highest BCUT2D eigenvalue weighted by atomic mass is 32.2. The summed E-state index contributed by atoms with van der Waals surface area (Å²) in [5.74, 6) is -0.114. The van der Waals surface area contributed by atoms with Crippen molar-refractivity contribution in [3.8, 4) is 0 Å². The number of carbonyl (C=O) groups excluding carboxylic acids is 1. The van der Waals surface area contributed by atoms with Crippen molar-refractivity contribution in [1.29, 1.82) is 0 Å². The van der Waals surface area contributed by atoms with Crippen LogP contribution in [0.2, 0.25) is 0 Å². The third-order valence-corrected chi connectivity index (χ3v) is 5.76. The molecule has 0 N–H and O–H groups in total. The quantitative estimate of drug-likeness (QED) is 0.808. The second kappa shape index (κ2) is 4.21. The fourth-order valence-corrected chi connectivity index (χ4v) is 4.98. The van der Waals surface area contributed by atoms with E-state index >= 15 is 0 Å². The van der Waals surface area contributed by atoms with Gasteiger partial charge < -0.3 is 4.74 Å². The van der Waals surface area contributed by atoms with Gasteiger partial charge in [0.1, 0.15) is 6.10 Å². The minimum Gasteiger partial charge on any atom is -0.442 e. The molecule has 1 amide bonds. The van der Waals surface area contributed by atoms with E-state index in [2.05, 4.69) is 0 Å². The highest BCUT2D eigenvalue weighted by molar-refractivity contribution is 7.91. The third kappa shape index (κ3) is 1.90. The van der Waals surface area contributed by atoms with E-state index in [1.54, 1.807) is 0 Å². The van der Waals surface area contributed by atoms with Crippen LogP contribution in [0.5, 0.6) is 0 Å². The van der Waals surface area contributed by atoms with Crippen LogP contribution in [-0.4, -0.2) is 38.2 Å². The Hall–Kier alpha value is -2.08. The summed E-state index contributed by atoms with van der Waals surface area (Å²) in [5, 5.41) is 1.93. The average Bonchev–Trinajstić information content (AvgIpc) is 2.88. The van der Waals surface area contributed by atoms with Crippen molar-refractivity contribution in [2.45, 2.75) is 12.1 Å². The van der Waals surface area contributed by atoms with Crippen LogP contribution >= 0.6 is 0 Å². The predicted octanol–water partition coefficient (Wildman–Crippen LogP) is 1.96. The number of ether oxygens (including phenoxy) is 1. The fourth-order valence-electron chi connectivity index (χ4n) is 3.17. The van der Waals surface area contributed by atoms with Gasteiger partial charge in [0, 0.05) is 5.39 Å². The van der Waals surface area contributed by atoms with E-state index in [9.17, 15) is 13.2 Å². The van der Waals surface area contributed by atoms with Crippen LogP contribution in [0, 0.1) is 0 Å². The minimum absolute atomic E-state index is 0.0351. The topological polar surface area (TPSA) is 63.7 Å². The zero-order valence-corrected chi connectivity index (χ0v) is 11.9. The maximum Gasteiger partial charge on any atom is 0.415 e. The van der Waals surface area contributed by atoms with E-state index in [1.165, 1.54) is 4.90 Å². The summed E-state index contributed by atoms with van der Waals surface area (Å²) >= 11 is 0. The van der Waals surface area contributed by atoms with E-state index < -0.39 is 28.1 Å². The van der Waals surface area contributed by atoms with Crippen LogP contribution in [0.3, 0.4) is 0 Å². The van der Waals surface area contributed by atoms with Gasteiger partial charge in [-0.1, -0.05) is 36.4 Å². The molecule has 0 spiro atoms. The summed E-state index contributed by atoms with van der Waals surface area (Å²) in [6.45, 7) is 0. The maximum atomic E-state index is 12.2. The first-order valence-electron chi connectivity index (χ1n) is 6.73. The Morgan fingerprint density at radius 1 is 1.05 bits per heavy atom. The van der Waals surface area contributed by atoms with Crippen molar-refractivity contribution in [2.24, 2.45) is 0 Å². The smallest absolute Gasteiger partial charge is 0.415 e. The van der Waals surface area contributed by atoms with Crippen molar-refractivity contribution in [2.75, 3.05) is 16.4 Å². The molecule has 2 atom stereocenters. The lowest BCUT2D eigenvalue weighted by Crippen LogP contribution is -2.36. The molecule has 2 aromatic carbocycles. The lowest BCUT2D eigenvalue weighted by Gasteiger charge is -2.21. The summed E-state index contributed by atoms with van der Waals surface area (Å²) in [6, 6.07) is 12.9. The number of nitrogens with zero attached hydrogens (tertiary/aromatic N) is 1. The molecule has 108 valence electrons. The van der Waals surface area contributed by atoms with Crippen molar-refractivity contribution in [1.82, 2.24) is 0 Å². The van der Waals surface area contributed by atoms with Gasteiger partial charge in [0.25, 0.3) is 0 Å². The van der Waals surface area contributed by atoms with Crippen molar-refractivity contribution < 1.29 is 17.9 Å². The molecule has 2 aromatic rings. The Balaban J connectivity index is 1.86. The van der Waals surface area contributed by atoms with Crippen molar-refractivity contribution in [3.63, 3.8) is 0 Å². The fraction of sp³-hybridized carbons (Fsp3) is 0.267. The van der Waals surface area contributed by atoms with Crippen molar-refractivity contribution in [3.05, 3.63) is 42.5 Å². The molecule has 0 radical (unpaired) electrons. The lowest BCUT2D eigenvalue weighted by atomic mass is 10.1. The third-order valence-electron chi connectivity index (χ3n) is 4.08. The average molecular weight is 303 g/mol. The number of anilines is 1. The zero-order valence-electron chi connectivity index (χ0n) is 11.1. The number of rotatable bonds is 1. The van der Waals surface area contributed by atoms with E-state index in [1.807, 2.05) is 42.5 Å². The van der Waals surface area contributed by atoms with Gasteiger partial charge in [-0.2, -0.15) is 0 Å². The highest BCUT2D eigenvalue weighted by Crippen LogP contribution is 2.36. The van der Waals surface area contributed by atoms with Crippen LogP contribution in [0.15, 0.2) is 42.5 Å².